The Morgan fingerprint density at radius 3 is 2.38 bits per heavy atom. The van der Waals surface area contributed by atoms with Gasteiger partial charge < -0.3 is 10.1 Å². The second-order valence-corrected chi connectivity index (χ2v) is 5.94. The largest absolute Gasteiger partial charge is 0.435 e. The molecule has 2 aromatic rings. The van der Waals surface area contributed by atoms with E-state index in [1.165, 1.54) is 49.4 Å². The number of nitrogens with one attached hydrogen (secondary N) is 1. The number of hydrogen-bond acceptors (Lipinski definition) is 3. The van der Waals surface area contributed by atoms with Crippen LogP contribution < -0.4 is 10.1 Å². The number of halogens is 3. The van der Waals surface area contributed by atoms with Crippen LogP contribution in [-0.2, 0) is 16.9 Å². The fraction of sp³-hybridized carbons (Fsp3) is 0.222. The molecular formula is C18H15F3N2O3. The van der Waals surface area contributed by atoms with Crippen LogP contribution in [0.25, 0.3) is 0 Å². The highest BCUT2D eigenvalue weighted by Gasteiger charge is 2.49. The fourth-order valence-electron chi connectivity index (χ4n) is 2.80. The molecule has 0 radical (unpaired) electrons. The third kappa shape index (κ3) is 3.22. The minimum Gasteiger partial charge on any atom is -0.435 e. The summed E-state index contributed by atoms with van der Waals surface area (Å²) in [6.07, 6.45) is 0. The van der Waals surface area contributed by atoms with Crippen LogP contribution in [0, 0.1) is 5.82 Å². The highest BCUT2D eigenvalue weighted by molar-refractivity contribution is 6.07. The quantitative estimate of drug-likeness (QED) is 0.828. The molecule has 1 atom stereocenters. The number of ether oxygens (including phenoxy) is 1. The Morgan fingerprint density at radius 2 is 1.77 bits per heavy atom. The molecule has 1 fully saturated rings. The standard InChI is InChI=1S/C18H15F3N2O3/c1-18(12-6-8-13(9-7-12)26-16(20)21)15(24)23(17(25)22-18)10-11-4-2-3-5-14(11)19/h2-9,16H,10H2,1H3,(H,22,25)/t18-/m0/s1. The van der Waals surface area contributed by atoms with Crippen LogP contribution in [0.4, 0.5) is 18.0 Å². The van der Waals surface area contributed by atoms with Crippen molar-refractivity contribution in [3.05, 3.63) is 65.5 Å². The van der Waals surface area contributed by atoms with Gasteiger partial charge in [-0.05, 0) is 30.7 Å². The average molecular weight is 364 g/mol. The summed E-state index contributed by atoms with van der Waals surface area (Å²) in [5, 5.41) is 2.57. The molecule has 8 heteroatoms. The highest BCUT2D eigenvalue weighted by atomic mass is 19.3. The molecule has 26 heavy (non-hydrogen) atoms. The van der Waals surface area contributed by atoms with Crippen LogP contribution in [0.2, 0.25) is 0 Å². The Labute approximate surface area is 147 Å². The molecule has 2 aromatic carbocycles. The predicted octanol–water partition coefficient (Wildman–Crippen LogP) is 3.39. The minimum atomic E-state index is -2.96. The van der Waals surface area contributed by atoms with Gasteiger partial charge >= 0.3 is 12.6 Å². The van der Waals surface area contributed by atoms with Crippen molar-refractivity contribution < 1.29 is 27.5 Å². The summed E-state index contributed by atoms with van der Waals surface area (Å²) < 4.78 is 42.5. The lowest BCUT2D eigenvalue weighted by atomic mass is 9.92. The minimum absolute atomic E-state index is 0.0627. The van der Waals surface area contributed by atoms with Crippen LogP contribution in [0.15, 0.2) is 48.5 Å². The van der Waals surface area contributed by atoms with Gasteiger partial charge in [0.25, 0.3) is 5.91 Å². The molecule has 3 amide bonds. The monoisotopic (exact) mass is 364 g/mol. The normalized spacial score (nSPS) is 19.8. The summed E-state index contributed by atoms with van der Waals surface area (Å²) in [5.41, 5.74) is -0.777. The molecule has 3 rings (SSSR count). The van der Waals surface area contributed by atoms with Gasteiger partial charge in [0.1, 0.15) is 17.1 Å². The molecular weight excluding hydrogens is 349 g/mol. The van der Waals surface area contributed by atoms with Gasteiger partial charge in [0.15, 0.2) is 0 Å². The smallest absolute Gasteiger partial charge is 0.387 e. The fourth-order valence-corrected chi connectivity index (χ4v) is 2.80. The first-order valence-corrected chi connectivity index (χ1v) is 7.74. The van der Waals surface area contributed by atoms with Crippen LogP contribution >= 0.6 is 0 Å². The summed E-state index contributed by atoms with van der Waals surface area (Å²) in [5.74, 6) is -1.14. The maximum Gasteiger partial charge on any atom is 0.387 e. The number of carbonyl (C=O) groups excluding carboxylic acids is 2. The molecule has 1 N–H and O–H groups in total. The Morgan fingerprint density at radius 1 is 1.12 bits per heavy atom. The number of urea groups is 1. The highest BCUT2D eigenvalue weighted by Crippen LogP contribution is 2.31. The predicted molar refractivity (Wildman–Crippen MR) is 85.9 cm³/mol. The van der Waals surface area contributed by atoms with Crippen molar-refractivity contribution in [2.24, 2.45) is 0 Å². The van der Waals surface area contributed by atoms with Gasteiger partial charge in [-0.25, -0.2) is 9.18 Å². The number of nitrogens with zero attached hydrogens (tertiary/aromatic N) is 1. The molecule has 0 aromatic heterocycles. The van der Waals surface area contributed by atoms with Crippen molar-refractivity contribution in [2.75, 3.05) is 0 Å². The average Bonchev–Trinajstić information content (AvgIpc) is 2.81. The third-order valence-corrected chi connectivity index (χ3v) is 4.22. The summed E-state index contributed by atoms with van der Waals surface area (Å²) in [4.78, 5) is 26.0. The zero-order valence-electron chi connectivity index (χ0n) is 13.7. The van der Waals surface area contributed by atoms with E-state index in [1.807, 2.05) is 0 Å². The topological polar surface area (TPSA) is 58.6 Å². The van der Waals surface area contributed by atoms with E-state index in [4.69, 9.17) is 0 Å². The molecule has 1 saturated heterocycles. The van der Waals surface area contributed by atoms with Gasteiger partial charge in [-0.3, -0.25) is 9.69 Å². The number of rotatable bonds is 5. The van der Waals surface area contributed by atoms with Crippen LogP contribution in [0.5, 0.6) is 5.75 Å². The van der Waals surface area contributed by atoms with E-state index in [1.54, 1.807) is 6.07 Å². The van der Waals surface area contributed by atoms with E-state index in [0.717, 1.165) is 4.90 Å². The van der Waals surface area contributed by atoms with Gasteiger partial charge in [0.2, 0.25) is 0 Å². The first-order chi connectivity index (χ1) is 12.3. The van der Waals surface area contributed by atoms with Gasteiger partial charge in [-0.15, -0.1) is 0 Å². The van der Waals surface area contributed by atoms with E-state index in [9.17, 15) is 22.8 Å². The molecule has 0 unspecified atom stereocenters. The van der Waals surface area contributed by atoms with Crippen molar-refractivity contribution in [3.63, 3.8) is 0 Å². The van der Waals surface area contributed by atoms with E-state index in [-0.39, 0.29) is 17.9 Å². The number of amides is 3. The number of hydrogen-bond donors (Lipinski definition) is 1. The Hall–Kier alpha value is -3.03. The lowest BCUT2D eigenvalue weighted by Gasteiger charge is -2.22. The third-order valence-electron chi connectivity index (χ3n) is 4.22. The number of imide groups is 1. The van der Waals surface area contributed by atoms with Crippen LogP contribution in [0.1, 0.15) is 18.1 Å². The van der Waals surface area contributed by atoms with Gasteiger partial charge in [-0.1, -0.05) is 30.3 Å². The van der Waals surface area contributed by atoms with E-state index >= 15 is 0 Å². The zero-order valence-corrected chi connectivity index (χ0v) is 13.7. The van der Waals surface area contributed by atoms with Gasteiger partial charge in [-0.2, -0.15) is 8.78 Å². The lowest BCUT2D eigenvalue weighted by molar-refractivity contribution is -0.131. The molecule has 1 heterocycles. The van der Waals surface area contributed by atoms with E-state index < -0.39 is 29.9 Å². The second kappa shape index (κ2) is 6.70. The molecule has 1 aliphatic rings. The Balaban J connectivity index is 1.83. The summed E-state index contributed by atoms with van der Waals surface area (Å²) >= 11 is 0. The van der Waals surface area contributed by atoms with Crippen molar-refractivity contribution in [3.8, 4) is 5.75 Å². The van der Waals surface area contributed by atoms with Crippen LogP contribution in [-0.4, -0.2) is 23.4 Å². The maximum absolute atomic E-state index is 13.8. The second-order valence-electron chi connectivity index (χ2n) is 5.94. The summed E-state index contributed by atoms with van der Waals surface area (Å²) in [6.45, 7) is -1.67. The number of alkyl halides is 2. The lowest BCUT2D eigenvalue weighted by Crippen LogP contribution is -2.40. The van der Waals surface area contributed by atoms with Crippen molar-refractivity contribution >= 4 is 11.9 Å². The molecule has 0 bridgehead atoms. The first kappa shape index (κ1) is 17.8. The molecule has 1 aliphatic heterocycles. The Kier molecular flexibility index (Phi) is 4.58. The SMILES string of the molecule is C[C@@]1(c2ccc(OC(F)F)cc2)NC(=O)N(Cc2ccccc2F)C1=O. The molecule has 5 nitrogen and oxygen atoms in total. The molecule has 0 spiro atoms. The molecule has 136 valence electrons. The zero-order chi connectivity index (χ0) is 18.9. The molecule has 0 saturated carbocycles. The Bertz CT molecular complexity index is 842. The first-order valence-electron chi connectivity index (χ1n) is 7.74. The molecule has 0 aliphatic carbocycles. The maximum atomic E-state index is 13.8. The number of carbonyl (C=O) groups is 2. The van der Waals surface area contributed by atoms with Gasteiger partial charge in [0.05, 0.1) is 6.54 Å². The summed E-state index contributed by atoms with van der Waals surface area (Å²) in [6, 6.07) is 10.6. The number of benzene rings is 2. The van der Waals surface area contributed by atoms with Crippen molar-refractivity contribution in [1.82, 2.24) is 10.2 Å². The van der Waals surface area contributed by atoms with E-state index in [0.29, 0.717) is 5.56 Å². The summed E-state index contributed by atoms with van der Waals surface area (Å²) in [7, 11) is 0. The van der Waals surface area contributed by atoms with Crippen LogP contribution in [0.3, 0.4) is 0 Å². The van der Waals surface area contributed by atoms with Crippen molar-refractivity contribution in [1.29, 1.82) is 0 Å². The van der Waals surface area contributed by atoms with Gasteiger partial charge in [0, 0.05) is 5.56 Å². The van der Waals surface area contributed by atoms with E-state index in [2.05, 4.69) is 10.1 Å². The van der Waals surface area contributed by atoms with Crippen molar-refractivity contribution in [2.45, 2.75) is 25.6 Å².